The van der Waals surface area contributed by atoms with Crippen LogP contribution in [0.5, 0.6) is 0 Å². The van der Waals surface area contributed by atoms with Crippen LogP contribution >= 0.6 is 0 Å². The molecule has 0 aliphatic carbocycles. The molecule has 0 N–H and O–H groups in total. The standard InChI is InChI=1S/C15H14N2O2/c1-10-14(11(2)19-16-10)8-17-7-6-12-4-3-5-13(9-18)15(12)17/h3-7,9H,8H2,1-2H3. The molecule has 3 aromatic rings. The number of aldehydes is 1. The van der Waals surface area contributed by atoms with Gasteiger partial charge in [0.15, 0.2) is 6.29 Å². The van der Waals surface area contributed by atoms with Crippen LogP contribution in [0, 0.1) is 13.8 Å². The van der Waals surface area contributed by atoms with E-state index in [1.54, 1.807) is 0 Å². The summed E-state index contributed by atoms with van der Waals surface area (Å²) in [5.74, 6) is 0.822. The molecule has 0 amide bonds. The number of benzene rings is 1. The van der Waals surface area contributed by atoms with Gasteiger partial charge in [0.1, 0.15) is 5.76 Å². The molecule has 0 spiro atoms. The van der Waals surface area contributed by atoms with Crippen molar-refractivity contribution in [1.29, 1.82) is 0 Å². The van der Waals surface area contributed by atoms with Gasteiger partial charge < -0.3 is 9.09 Å². The lowest BCUT2D eigenvalue weighted by Gasteiger charge is -2.06. The van der Waals surface area contributed by atoms with Crippen molar-refractivity contribution in [2.45, 2.75) is 20.4 Å². The molecule has 2 aromatic heterocycles. The third-order valence-electron chi connectivity index (χ3n) is 3.46. The van der Waals surface area contributed by atoms with E-state index in [2.05, 4.69) is 9.72 Å². The number of carbonyl (C=O) groups is 1. The summed E-state index contributed by atoms with van der Waals surface area (Å²) in [6.45, 7) is 4.50. The Labute approximate surface area is 110 Å². The van der Waals surface area contributed by atoms with E-state index in [1.807, 2.05) is 44.3 Å². The van der Waals surface area contributed by atoms with Gasteiger partial charge in [0.25, 0.3) is 0 Å². The predicted molar refractivity (Wildman–Crippen MR) is 72.4 cm³/mol. The second-order valence-electron chi connectivity index (χ2n) is 4.65. The summed E-state index contributed by atoms with van der Waals surface area (Å²) >= 11 is 0. The number of aryl methyl sites for hydroxylation is 2. The van der Waals surface area contributed by atoms with Crippen molar-refractivity contribution < 1.29 is 9.32 Å². The Bertz CT molecular complexity index is 733. The molecule has 0 aliphatic rings. The number of nitrogens with zero attached hydrogens (tertiary/aromatic N) is 2. The quantitative estimate of drug-likeness (QED) is 0.675. The van der Waals surface area contributed by atoms with Gasteiger partial charge in [-0.3, -0.25) is 4.79 Å². The van der Waals surface area contributed by atoms with Crippen molar-refractivity contribution in [1.82, 2.24) is 9.72 Å². The highest BCUT2D eigenvalue weighted by Gasteiger charge is 2.12. The Morgan fingerprint density at radius 3 is 2.84 bits per heavy atom. The van der Waals surface area contributed by atoms with E-state index >= 15 is 0 Å². The molecule has 4 nitrogen and oxygen atoms in total. The maximum Gasteiger partial charge on any atom is 0.152 e. The Kier molecular flexibility index (Phi) is 2.71. The zero-order valence-corrected chi connectivity index (χ0v) is 10.9. The van der Waals surface area contributed by atoms with Crippen LogP contribution in [0.1, 0.15) is 27.4 Å². The minimum absolute atomic E-state index is 0.662. The Morgan fingerprint density at radius 1 is 1.32 bits per heavy atom. The summed E-state index contributed by atoms with van der Waals surface area (Å²) in [5, 5.41) is 5.03. The lowest BCUT2D eigenvalue weighted by Crippen LogP contribution is -2.01. The molecular formula is C15H14N2O2. The van der Waals surface area contributed by atoms with Crippen LogP contribution in [-0.2, 0) is 6.54 Å². The molecule has 0 atom stereocenters. The monoisotopic (exact) mass is 254 g/mol. The summed E-state index contributed by atoms with van der Waals surface area (Å²) < 4.78 is 7.24. The van der Waals surface area contributed by atoms with E-state index in [4.69, 9.17) is 4.52 Å². The van der Waals surface area contributed by atoms with Crippen molar-refractivity contribution in [2.24, 2.45) is 0 Å². The molecule has 1 aromatic carbocycles. The minimum Gasteiger partial charge on any atom is -0.361 e. The number of hydrogen-bond acceptors (Lipinski definition) is 3. The SMILES string of the molecule is Cc1noc(C)c1Cn1ccc2cccc(C=O)c21. The first-order chi connectivity index (χ1) is 9.20. The first-order valence-corrected chi connectivity index (χ1v) is 6.15. The molecule has 2 heterocycles. The van der Waals surface area contributed by atoms with Crippen LogP contribution in [-0.4, -0.2) is 16.0 Å². The van der Waals surface area contributed by atoms with Crippen LogP contribution in [0.3, 0.4) is 0 Å². The number of aromatic nitrogens is 2. The Balaban J connectivity index is 2.14. The largest absolute Gasteiger partial charge is 0.361 e. The molecule has 19 heavy (non-hydrogen) atoms. The second-order valence-corrected chi connectivity index (χ2v) is 4.65. The fourth-order valence-corrected chi connectivity index (χ4v) is 2.42. The average molecular weight is 254 g/mol. The molecule has 4 heteroatoms. The molecule has 0 aliphatic heterocycles. The maximum absolute atomic E-state index is 11.2. The average Bonchev–Trinajstić information content (AvgIpc) is 2.97. The first-order valence-electron chi connectivity index (χ1n) is 6.15. The Hall–Kier alpha value is -2.36. The highest BCUT2D eigenvalue weighted by Crippen LogP contribution is 2.22. The van der Waals surface area contributed by atoms with Crippen LogP contribution < -0.4 is 0 Å². The van der Waals surface area contributed by atoms with Gasteiger partial charge in [-0.15, -0.1) is 0 Å². The highest BCUT2D eigenvalue weighted by molar-refractivity contribution is 5.96. The van der Waals surface area contributed by atoms with Crippen molar-refractivity contribution in [3.8, 4) is 0 Å². The minimum atomic E-state index is 0.662. The molecular weight excluding hydrogens is 240 g/mol. The summed E-state index contributed by atoms with van der Waals surface area (Å²) in [7, 11) is 0. The first kappa shape index (κ1) is 11.7. The Morgan fingerprint density at radius 2 is 2.16 bits per heavy atom. The van der Waals surface area contributed by atoms with Gasteiger partial charge in [-0.1, -0.05) is 17.3 Å². The summed E-state index contributed by atoms with van der Waals surface area (Å²) in [5.41, 5.74) is 3.62. The fourth-order valence-electron chi connectivity index (χ4n) is 2.42. The number of hydrogen-bond donors (Lipinski definition) is 0. The van der Waals surface area contributed by atoms with Gasteiger partial charge in [-0.2, -0.15) is 0 Å². The summed E-state index contributed by atoms with van der Waals surface area (Å²) in [6, 6.07) is 7.75. The number of para-hydroxylation sites is 1. The summed E-state index contributed by atoms with van der Waals surface area (Å²) in [6.07, 6.45) is 2.88. The normalized spacial score (nSPS) is 11.1. The van der Waals surface area contributed by atoms with E-state index in [0.717, 1.165) is 34.2 Å². The van der Waals surface area contributed by atoms with Gasteiger partial charge in [-0.25, -0.2) is 0 Å². The zero-order chi connectivity index (χ0) is 13.4. The van der Waals surface area contributed by atoms with Crippen LogP contribution in [0.4, 0.5) is 0 Å². The predicted octanol–water partition coefficient (Wildman–Crippen LogP) is 3.11. The van der Waals surface area contributed by atoms with Gasteiger partial charge >= 0.3 is 0 Å². The van der Waals surface area contributed by atoms with Gasteiger partial charge in [0, 0.05) is 22.7 Å². The van der Waals surface area contributed by atoms with Crippen LogP contribution in [0.2, 0.25) is 0 Å². The van der Waals surface area contributed by atoms with E-state index < -0.39 is 0 Å². The van der Waals surface area contributed by atoms with Gasteiger partial charge in [0.05, 0.1) is 17.8 Å². The number of fused-ring (bicyclic) bond motifs is 1. The third-order valence-corrected chi connectivity index (χ3v) is 3.46. The molecule has 0 saturated carbocycles. The maximum atomic E-state index is 11.2. The molecule has 0 unspecified atom stereocenters. The van der Waals surface area contributed by atoms with E-state index in [0.29, 0.717) is 12.1 Å². The molecule has 0 fully saturated rings. The molecule has 96 valence electrons. The smallest absolute Gasteiger partial charge is 0.152 e. The molecule has 0 bridgehead atoms. The summed E-state index contributed by atoms with van der Waals surface area (Å²) in [4.78, 5) is 11.2. The van der Waals surface area contributed by atoms with Gasteiger partial charge in [-0.05, 0) is 26.0 Å². The van der Waals surface area contributed by atoms with E-state index in [9.17, 15) is 4.79 Å². The number of rotatable bonds is 3. The number of carbonyl (C=O) groups excluding carboxylic acids is 1. The lowest BCUT2D eigenvalue weighted by molar-refractivity contribution is 0.112. The van der Waals surface area contributed by atoms with E-state index in [-0.39, 0.29) is 0 Å². The van der Waals surface area contributed by atoms with E-state index in [1.165, 1.54) is 0 Å². The van der Waals surface area contributed by atoms with Crippen LogP contribution in [0.25, 0.3) is 10.9 Å². The van der Waals surface area contributed by atoms with Crippen molar-refractivity contribution in [3.63, 3.8) is 0 Å². The van der Waals surface area contributed by atoms with Crippen LogP contribution in [0.15, 0.2) is 35.0 Å². The second kappa shape index (κ2) is 4.39. The van der Waals surface area contributed by atoms with Crippen molar-refractivity contribution >= 4 is 17.2 Å². The highest BCUT2D eigenvalue weighted by atomic mass is 16.5. The third kappa shape index (κ3) is 1.85. The van der Waals surface area contributed by atoms with Crippen molar-refractivity contribution in [3.05, 3.63) is 53.0 Å². The molecule has 3 rings (SSSR count). The molecule has 0 saturated heterocycles. The topological polar surface area (TPSA) is 48.0 Å². The van der Waals surface area contributed by atoms with Crippen molar-refractivity contribution in [2.75, 3.05) is 0 Å². The molecule has 0 radical (unpaired) electrons. The lowest BCUT2D eigenvalue weighted by atomic mass is 10.1. The van der Waals surface area contributed by atoms with Gasteiger partial charge in [0.2, 0.25) is 0 Å². The zero-order valence-electron chi connectivity index (χ0n) is 10.9. The fraction of sp³-hybridized carbons (Fsp3) is 0.200.